The quantitative estimate of drug-likeness (QED) is 0.185. The maximum atomic E-state index is 6.55. The molecule has 8 aromatic rings. The van der Waals surface area contributed by atoms with Crippen molar-refractivity contribution in [3.8, 4) is 44.9 Å². The maximum absolute atomic E-state index is 6.55. The molecule has 8 aromatic carbocycles. The van der Waals surface area contributed by atoms with Crippen LogP contribution in [0.4, 0.5) is 17.1 Å². The number of benzene rings is 8. The summed E-state index contributed by atoms with van der Waals surface area (Å²) >= 11 is 0. The van der Waals surface area contributed by atoms with Gasteiger partial charge in [0.1, 0.15) is 11.5 Å². The zero-order valence-corrected chi connectivity index (χ0v) is 28.9. The van der Waals surface area contributed by atoms with Gasteiger partial charge in [-0.15, -0.1) is 0 Å². The third-order valence-electron chi connectivity index (χ3n) is 11.3. The van der Waals surface area contributed by atoms with Crippen molar-refractivity contribution in [1.82, 2.24) is 0 Å². The van der Waals surface area contributed by atoms with Crippen LogP contribution >= 0.6 is 0 Å². The molecular weight excluding hydrogens is 643 g/mol. The van der Waals surface area contributed by atoms with Gasteiger partial charge in [-0.2, -0.15) is 0 Å². The SMILES string of the molecule is C1=Cc2ccccc2C2(c3ccccc31)c1ccccc1-c1ccc(N(c3ccccc3)c3ccc4c(c3)-c3ccccc3Oc3ccccc3-4)cc12. The number of anilines is 3. The van der Waals surface area contributed by atoms with Crippen LogP contribution in [0, 0.1) is 0 Å². The van der Waals surface area contributed by atoms with Crippen LogP contribution in [-0.2, 0) is 5.41 Å². The Labute approximate surface area is 309 Å². The van der Waals surface area contributed by atoms with E-state index in [1.165, 1.54) is 44.5 Å². The molecule has 0 unspecified atom stereocenters. The first-order chi connectivity index (χ1) is 26.3. The number of nitrogens with zero attached hydrogens (tertiary/aromatic N) is 1. The van der Waals surface area contributed by atoms with Crippen molar-refractivity contribution in [3.63, 3.8) is 0 Å². The minimum Gasteiger partial charge on any atom is -0.456 e. The Hall–Kier alpha value is -6.90. The molecule has 1 spiro atoms. The fraction of sp³-hybridized carbons (Fsp3) is 0.0196. The molecule has 2 nitrogen and oxygen atoms in total. The molecule has 1 heterocycles. The van der Waals surface area contributed by atoms with Crippen LogP contribution < -0.4 is 9.64 Å². The van der Waals surface area contributed by atoms with Crippen LogP contribution in [0.1, 0.15) is 33.4 Å². The lowest BCUT2D eigenvalue weighted by Crippen LogP contribution is -2.30. The van der Waals surface area contributed by atoms with Crippen molar-refractivity contribution < 1.29 is 4.74 Å². The minimum absolute atomic E-state index is 0.505. The molecule has 1 aliphatic heterocycles. The Morgan fingerprint density at radius 3 is 1.49 bits per heavy atom. The maximum Gasteiger partial charge on any atom is 0.135 e. The average molecular weight is 676 g/mol. The van der Waals surface area contributed by atoms with E-state index >= 15 is 0 Å². The zero-order chi connectivity index (χ0) is 34.9. The van der Waals surface area contributed by atoms with E-state index in [1.54, 1.807) is 0 Å². The van der Waals surface area contributed by atoms with Gasteiger partial charge in [-0.05, 0) is 104 Å². The van der Waals surface area contributed by atoms with Gasteiger partial charge in [-0.3, -0.25) is 0 Å². The van der Waals surface area contributed by atoms with E-state index in [9.17, 15) is 0 Å². The first kappa shape index (κ1) is 29.8. The van der Waals surface area contributed by atoms with E-state index in [-0.39, 0.29) is 0 Å². The largest absolute Gasteiger partial charge is 0.456 e. The van der Waals surface area contributed by atoms with Gasteiger partial charge in [-0.1, -0.05) is 152 Å². The van der Waals surface area contributed by atoms with E-state index in [0.717, 1.165) is 50.8 Å². The molecule has 0 amide bonds. The molecule has 0 aromatic heterocycles. The van der Waals surface area contributed by atoms with Crippen LogP contribution in [0.15, 0.2) is 188 Å². The number of hydrogen-bond donors (Lipinski definition) is 0. The summed E-state index contributed by atoms with van der Waals surface area (Å²) in [4.78, 5) is 2.41. The molecule has 0 radical (unpaired) electrons. The number of para-hydroxylation sites is 3. The van der Waals surface area contributed by atoms with Gasteiger partial charge in [-0.25, -0.2) is 0 Å². The summed E-state index contributed by atoms with van der Waals surface area (Å²) < 4.78 is 6.55. The van der Waals surface area contributed by atoms with Gasteiger partial charge < -0.3 is 9.64 Å². The molecule has 0 atom stereocenters. The predicted molar refractivity (Wildman–Crippen MR) is 218 cm³/mol. The molecule has 3 aliphatic rings. The van der Waals surface area contributed by atoms with Gasteiger partial charge in [0.15, 0.2) is 0 Å². The summed E-state index contributed by atoms with van der Waals surface area (Å²) in [5, 5.41) is 0. The summed E-state index contributed by atoms with van der Waals surface area (Å²) in [7, 11) is 0. The Morgan fingerprint density at radius 2 is 0.811 bits per heavy atom. The lowest BCUT2D eigenvalue weighted by atomic mass is 9.66. The highest BCUT2D eigenvalue weighted by atomic mass is 16.5. The molecule has 248 valence electrons. The fourth-order valence-electron chi connectivity index (χ4n) is 9.11. The monoisotopic (exact) mass is 675 g/mol. The number of fused-ring (bicyclic) bond motifs is 14. The Bertz CT molecular complexity index is 2730. The van der Waals surface area contributed by atoms with Crippen LogP contribution in [-0.4, -0.2) is 0 Å². The highest BCUT2D eigenvalue weighted by Crippen LogP contribution is 2.59. The summed E-state index contributed by atoms with van der Waals surface area (Å²) in [5.41, 5.74) is 17.5. The van der Waals surface area contributed by atoms with E-state index in [4.69, 9.17) is 4.74 Å². The third-order valence-corrected chi connectivity index (χ3v) is 11.3. The summed E-state index contributed by atoms with van der Waals surface area (Å²) in [5.74, 6) is 1.73. The summed E-state index contributed by atoms with van der Waals surface area (Å²) in [6, 6.07) is 68.3. The number of rotatable bonds is 3. The van der Waals surface area contributed by atoms with Crippen molar-refractivity contribution in [2.24, 2.45) is 0 Å². The molecule has 0 N–H and O–H groups in total. The van der Waals surface area contributed by atoms with Gasteiger partial charge in [0.05, 0.1) is 5.41 Å². The Kier molecular flexibility index (Phi) is 6.50. The highest BCUT2D eigenvalue weighted by molar-refractivity contribution is 5.96. The van der Waals surface area contributed by atoms with E-state index in [0.29, 0.717) is 0 Å². The second kappa shape index (κ2) is 11.6. The standard InChI is InChI=1S/C51H33NO/c1-2-16-36(17-3-1)52(37-28-30-39-42-19-7-12-24-49(42)53-50-25-13-8-20-43(50)44(39)32-37)38-29-31-41-40-18-6-11-23-47(40)51(48(41)33-38)45-21-9-4-14-34(45)26-27-35-15-5-10-22-46(35)51/h1-33H. The summed E-state index contributed by atoms with van der Waals surface area (Å²) in [6.45, 7) is 0. The van der Waals surface area contributed by atoms with Crippen LogP contribution in [0.2, 0.25) is 0 Å². The van der Waals surface area contributed by atoms with Crippen molar-refractivity contribution in [3.05, 3.63) is 221 Å². The van der Waals surface area contributed by atoms with Gasteiger partial charge in [0.25, 0.3) is 0 Å². The second-order valence-corrected chi connectivity index (χ2v) is 14.0. The minimum atomic E-state index is -0.505. The number of ether oxygens (including phenoxy) is 1. The zero-order valence-electron chi connectivity index (χ0n) is 28.9. The highest BCUT2D eigenvalue weighted by Gasteiger charge is 2.48. The Morgan fingerprint density at radius 1 is 0.321 bits per heavy atom. The topological polar surface area (TPSA) is 12.5 Å². The molecule has 2 heteroatoms. The first-order valence-electron chi connectivity index (χ1n) is 18.3. The molecule has 53 heavy (non-hydrogen) atoms. The van der Waals surface area contributed by atoms with Crippen LogP contribution in [0.5, 0.6) is 11.5 Å². The van der Waals surface area contributed by atoms with Crippen molar-refractivity contribution >= 4 is 29.2 Å². The van der Waals surface area contributed by atoms with Crippen molar-refractivity contribution in [2.45, 2.75) is 5.41 Å². The lowest BCUT2D eigenvalue weighted by molar-refractivity contribution is 0.488. The van der Waals surface area contributed by atoms with E-state index in [2.05, 4.69) is 193 Å². The van der Waals surface area contributed by atoms with Crippen LogP contribution in [0.25, 0.3) is 45.5 Å². The van der Waals surface area contributed by atoms with Gasteiger partial charge in [0.2, 0.25) is 0 Å². The average Bonchev–Trinajstić information content (AvgIpc) is 3.31. The molecule has 0 bridgehead atoms. The smallest absolute Gasteiger partial charge is 0.135 e. The predicted octanol–water partition coefficient (Wildman–Crippen LogP) is 13.4. The molecule has 2 aliphatic carbocycles. The molecule has 0 fully saturated rings. The first-order valence-corrected chi connectivity index (χ1v) is 18.3. The van der Waals surface area contributed by atoms with Gasteiger partial charge in [0, 0.05) is 28.2 Å². The Balaban J connectivity index is 1.19. The van der Waals surface area contributed by atoms with Crippen molar-refractivity contribution in [1.29, 1.82) is 0 Å². The van der Waals surface area contributed by atoms with Crippen LogP contribution in [0.3, 0.4) is 0 Å². The van der Waals surface area contributed by atoms with Gasteiger partial charge >= 0.3 is 0 Å². The van der Waals surface area contributed by atoms with E-state index in [1.807, 2.05) is 12.1 Å². The van der Waals surface area contributed by atoms with Crippen molar-refractivity contribution in [2.75, 3.05) is 4.90 Å². The molecule has 0 saturated carbocycles. The number of hydrogen-bond acceptors (Lipinski definition) is 2. The van der Waals surface area contributed by atoms with E-state index < -0.39 is 5.41 Å². The molecule has 0 saturated heterocycles. The molecular formula is C51H33NO. The lowest BCUT2D eigenvalue weighted by Gasteiger charge is -2.36. The second-order valence-electron chi connectivity index (χ2n) is 14.0. The third kappa shape index (κ3) is 4.33. The normalized spacial score (nSPS) is 13.5. The molecule has 11 rings (SSSR count). The fourth-order valence-corrected chi connectivity index (χ4v) is 9.11. The summed E-state index contributed by atoms with van der Waals surface area (Å²) in [6.07, 6.45) is 4.58.